The normalized spacial score (nSPS) is 15.5. The van der Waals surface area contributed by atoms with Crippen molar-refractivity contribution in [3.63, 3.8) is 0 Å². The molecule has 3 aromatic carbocycles. The molecule has 2 amide bonds. The average molecular weight is 533 g/mol. The maximum Gasteiger partial charge on any atom is 0.276 e. The van der Waals surface area contributed by atoms with Crippen molar-refractivity contribution in [2.45, 2.75) is 12.6 Å². The summed E-state index contributed by atoms with van der Waals surface area (Å²) >= 11 is 7.64. The Morgan fingerprint density at radius 1 is 1.24 bits per heavy atom. The van der Waals surface area contributed by atoms with E-state index < -0.39 is 23.7 Å². The molecule has 5 aromatic rings. The molecule has 37 heavy (non-hydrogen) atoms. The van der Waals surface area contributed by atoms with Gasteiger partial charge in [0, 0.05) is 27.2 Å². The summed E-state index contributed by atoms with van der Waals surface area (Å²) in [5, 5.41) is 14.8. The quantitative estimate of drug-likeness (QED) is 0.350. The molecule has 2 aliphatic rings. The van der Waals surface area contributed by atoms with Gasteiger partial charge in [-0.25, -0.2) is 4.39 Å². The summed E-state index contributed by atoms with van der Waals surface area (Å²) in [7, 11) is 0. The van der Waals surface area contributed by atoms with E-state index >= 15 is 0 Å². The topological polar surface area (TPSA) is 111 Å². The lowest BCUT2D eigenvalue weighted by molar-refractivity contribution is 0.0955. The van der Waals surface area contributed by atoms with Crippen LogP contribution in [0.15, 0.2) is 54.9 Å². The number of hydrogen-bond acceptors (Lipinski definition) is 7. The number of aromatic nitrogens is 4. The van der Waals surface area contributed by atoms with Gasteiger partial charge in [0.1, 0.15) is 24.4 Å². The Hall–Kier alpha value is -4.35. The fraction of sp³-hybridized carbons (Fsp3) is 0.0800. The van der Waals surface area contributed by atoms with Crippen LogP contribution in [-0.4, -0.2) is 31.0 Å². The number of amides is 2. The molecule has 2 aliphatic heterocycles. The second-order valence-corrected chi connectivity index (χ2v) is 9.73. The third-order valence-electron chi connectivity index (χ3n) is 6.42. The number of fused-ring (bicyclic) bond motifs is 6. The molecule has 182 valence electrons. The van der Waals surface area contributed by atoms with Gasteiger partial charge >= 0.3 is 0 Å². The van der Waals surface area contributed by atoms with Crippen LogP contribution in [0, 0.1) is 5.82 Å². The van der Waals surface area contributed by atoms with E-state index in [-0.39, 0.29) is 22.9 Å². The zero-order valence-corrected chi connectivity index (χ0v) is 20.2. The number of ether oxygens (including phenoxy) is 1. The summed E-state index contributed by atoms with van der Waals surface area (Å²) in [6, 6.07) is 12.2. The van der Waals surface area contributed by atoms with Gasteiger partial charge in [-0.1, -0.05) is 29.8 Å². The van der Waals surface area contributed by atoms with Crippen LogP contribution >= 0.6 is 23.1 Å². The molecule has 2 N–H and O–H groups in total. The summed E-state index contributed by atoms with van der Waals surface area (Å²) in [6.45, 7) is 0.106. The fourth-order valence-electron chi connectivity index (χ4n) is 4.79. The minimum atomic E-state index is -0.829. The largest absolute Gasteiger partial charge is 0.483 e. The first-order valence-electron chi connectivity index (χ1n) is 11.1. The second-order valence-electron chi connectivity index (χ2n) is 8.52. The highest BCUT2D eigenvalue weighted by atomic mass is 35.5. The first-order chi connectivity index (χ1) is 18.0. The third kappa shape index (κ3) is 3.31. The molecule has 0 fully saturated rings. The SMILES string of the molecule is O=C1NC(c2cc(F)ccc2Cl)c2c(NC(=O)c3nsc4ccccc34)cc3c(c21)OCc1nncn1-3. The minimum absolute atomic E-state index is 0.106. The first-order valence-corrected chi connectivity index (χ1v) is 12.3. The van der Waals surface area contributed by atoms with Gasteiger partial charge in [0.05, 0.1) is 22.0 Å². The lowest BCUT2D eigenvalue weighted by Gasteiger charge is -2.24. The van der Waals surface area contributed by atoms with Gasteiger partial charge in [0.25, 0.3) is 11.8 Å². The highest BCUT2D eigenvalue weighted by molar-refractivity contribution is 7.13. The van der Waals surface area contributed by atoms with E-state index in [1.165, 1.54) is 36.1 Å². The summed E-state index contributed by atoms with van der Waals surface area (Å²) in [5.74, 6) is -0.553. The van der Waals surface area contributed by atoms with E-state index in [1.54, 1.807) is 10.6 Å². The van der Waals surface area contributed by atoms with Crippen LogP contribution < -0.4 is 15.4 Å². The summed E-state index contributed by atoms with van der Waals surface area (Å²) in [5.41, 5.74) is 2.06. The number of hydrogen-bond donors (Lipinski definition) is 2. The summed E-state index contributed by atoms with van der Waals surface area (Å²) in [4.78, 5) is 26.8. The first kappa shape index (κ1) is 21.9. The van der Waals surface area contributed by atoms with Crippen LogP contribution in [0.2, 0.25) is 5.02 Å². The van der Waals surface area contributed by atoms with Crippen molar-refractivity contribution in [2.24, 2.45) is 0 Å². The predicted molar refractivity (Wildman–Crippen MR) is 134 cm³/mol. The molecule has 0 bridgehead atoms. The van der Waals surface area contributed by atoms with Crippen molar-refractivity contribution in [3.05, 3.63) is 93.9 Å². The number of nitrogens with zero attached hydrogens (tertiary/aromatic N) is 4. The van der Waals surface area contributed by atoms with Gasteiger partial charge in [-0.15, -0.1) is 10.2 Å². The molecular formula is C25H14ClFN6O3S. The molecule has 0 saturated carbocycles. The Morgan fingerprint density at radius 2 is 2.11 bits per heavy atom. The molecule has 12 heteroatoms. The monoisotopic (exact) mass is 532 g/mol. The van der Waals surface area contributed by atoms with Gasteiger partial charge in [0.2, 0.25) is 0 Å². The molecular weight excluding hydrogens is 519 g/mol. The van der Waals surface area contributed by atoms with Gasteiger partial charge < -0.3 is 15.4 Å². The van der Waals surface area contributed by atoms with E-state index in [4.69, 9.17) is 16.3 Å². The van der Waals surface area contributed by atoms with Gasteiger partial charge in [0.15, 0.2) is 11.6 Å². The number of benzene rings is 3. The lowest BCUT2D eigenvalue weighted by atomic mass is 9.94. The molecule has 0 spiro atoms. The smallest absolute Gasteiger partial charge is 0.276 e. The second kappa shape index (κ2) is 8.08. The standard InChI is InChI=1S/C25H14ClFN6O3S/c26-14-6-5-11(27)7-13(14)21-19-15(29-25(35)22-12-3-1-2-4-17(12)37-32-22)8-16-23(20(19)24(34)30-21)36-9-18-31-28-10-33(16)18/h1-8,10,21H,9H2,(H,29,35)(H,30,34). The van der Waals surface area contributed by atoms with Crippen LogP contribution in [0.4, 0.5) is 10.1 Å². The van der Waals surface area contributed by atoms with E-state index in [2.05, 4.69) is 25.2 Å². The molecule has 4 heterocycles. The van der Waals surface area contributed by atoms with Crippen molar-refractivity contribution in [1.29, 1.82) is 0 Å². The molecule has 9 nitrogen and oxygen atoms in total. The number of rotatable bonds is 3. The molecule has 1 atom stereocenters. The highest BCUT2D eigenvalue weighted by Gasteiger charge is 2.40. The third-order valence-corrected chi connectivity index (χ3v) is 7.60. The van der Waals surface area contributed by atoms with E-state index in [0.717, 1.165) is 4.70 Å². The maximum absolute atomic E-state index is 14.2. The van der Waals surface area contributed by atoms with Crippen molar-refractivity contribution < 1.29 is 18.7 Å². The zero-order chi connectivity index (χ0) is 25.3. The van der Waals surface area contributed by atoms with E-state index in [1.807, 2.05) is 24.3 Å². The number of anilines is 1. The van der Waals surface area contributed by atoms with Crippen molar-refractivity contribution in [3.8, 4) is 11.4 Å². The molecule has 7 rings (SSSR count). The Morgan fingerprint density at radius 3 is 3.00 bits per heavy atom. The molecule has 2 aromatic heterocycles. The van der Waals surface area contributed by atoms with Crippen LogP contribution in [-0.2, 0) is 6.61 Å². The summed E-state index contributed by atoms with van der Waals surface area (Å²) < 4.78 is 27.1. The van der Waals surface area contributed by atoms with Crippen LogP contribution in [0.25, 0.3) is 15.8 Å². The Labute approximate surface area is 217 Å². The maximum atomic E-state index is 14.2. The number of nitrogens with one attached hydrogen (secondary N) is 2. The zero-order valence-electron chi connectivity index (χ0n) is 18.7. The number of carbonyl (C=O) groups is 2. The van der Waals surface area contributed by atoms with Crippen molar-refractivity contribution in [2.75, 3.05) is 5.32 Å². The number of halogens is 2. The van der Waals surface area contributed by atoms with Crippen molar-refractivity contribution >= 4 is 50.7 Å². The molecule has 0 radical (unpaired) electrons. The van der Waals surface area contributed by atoms with Crippen LogP contribution in [0.3, 0.4) is 0 Å². The Kier molecular flexibility index (Phi) is 4.78. The van der Waals surface area contributed by atoms with E-state index in [9.17, 15) is 14.0 Å². The summed E-state index contributed by atoms with van der Waals surface area (Å²) in [6.07, 6.45) is 1.51. The highest BCUT2D eigenvalue weighted by Crippen LogP contribution is 2.47. The molecule has 0 saturated heterocycles. The average Bonchev–Trinajstić information content (AvgIpc) is 3.63. The van der Waals surface area contributed by atoms with Crippen LogP contribution in [0.1, 0.15) is 43.8 Å². The van der Waals surface area contributed by atoms with E-state index in [0.29, 0.717) is 39.5 Å². The minimum Gasteiger partial charge on any atom is -0.483 e. The van der Waals surface area contributed by atoms with Crippen LogP contribution in [0.5, 0.6) is 5.75 Å². The van der Waals surface area contributed by atoms with Gasteiger partial charge in [-0.2, -0.15) is 4.37 Å². The Bertz CT molecular complexity index is 1780. The van der Waals surface area contributed by atoms with Gasteiger partial charge in [-0.3, -0.25) is 14.2 Å². The predicted octanol–water partition coefficient (Wildman–Crippen LogP) is 4.65. The van der Waals surface area contributed by atoms with Crippen molar-refractivity contribution in [1.82, 2.24) is 24.5 Å². The molecule has 0 aliphatic carbocycles. The molecule has 1 unspecified atom stereocenters. The lowest BCUT2D eigenvalue weighted by Crippen LogP contribution is -2.21. The fourth-order valence-corrected chi connectivity index (χ4v) is 5.79. The number of carbonyl (C=O) groups excluding carboxylic acids is 2. The Balaban J connectivity index is 1.43. The van der Waals surface area contributed by atoms with Gasteiger partial charge in [-0.05, 0) is 41.9 Å².